The fraction of sp³-hybridized carbons (Fsp3) is 1.00. The average Bonchev–Trinajstić information content (AvgIpc) is 3.03. The molecular formula is C14H25N3. The summed E-state index contributed by atoms with van der Waals surface area (Å²) in [6.45, 7) is 6.75. The number of piperazine rings is 1. The normalized spacial score (nSPS) is 46.6. The van der Waals surface area contributed by atoms with E-state index >= 15 is 0 Å². The molecule has 2 bridgehead atoms. The van der Waals surface area contributed by atoms with Crippen molar-refractivity contribution in [1.82, 2.24) is 15.1 Å². The maximum absolute atomic E-state index is 3.78. The minimum absolute atomic E-state index is 0.863. The first kappa shape index (κ1) is 10.8. The summed E-state index contributed by atoms with van der Waals surface area (Å²) in [4.78, 5) is 5.48. The van der Waals surface area contributed by atoms with E-state index in [1.165, 1.54) is 64.8 Å². The molecule has 4 rings (SSSR count). The van der Waals surface area contributed by atoms with Crippen molar-refractivity contribution in [2.24, 2.45) is 5.92 Å². The molecule has 0 aromatic rings. The van der Waals surface area contributed by atoms with Gasteiger partial charge in [0.25, 0.3) is 0 Å². The third kappa shape index (κ3) is 1.92. The largest absolute Gasteiger partial charge is 0.311 e. The van der Waals surface area contributed by atoms with Crippen LogP contribution >= 0.6 is 0 Å². The molecule has 3 heteroatoms. The van der Waals surface area contributed by atoms with Crippen LogP contribution in [0, 0.1) is 5.92 Å². The molecule has 4 saturated heterocycles. The molecule has 4 fully saturated rings. The lowest BCUT2D eigenvalue weighted by molar-refractivity contribution is 0.0878. The van der Waals surface area contributed by atoms with E-state index in [1.807, 2.05) is 0 Å². The molecule has 4 atom stereocenters. The summed E-state index contributed by atoms with van der Waals surface area (Å²) in [5.74, 6) is 0.960. The van der Waals surface area contributed by atoms with Crippen LogP contribution in [-0.4, -0.2) is 60.6 Å². The van der Waals surface area contributed by atoms with Crippen LogP contribution in [0.4, 0.5) is 0 Å². The SMILES string of the molecule is C1CC2CN(CC3CC4CCC3N4)CCN2C1. The van der Waals surface area contributed by atoms with Gasteiger partial charge in [0.15, 0.2) is 0 Å². The van der Waals surface area contributed by atoms with Crippen molar-refractivity contribution in [1.29, 1.82) is 0 Å². The fourth-order valence-corrected chi connectivity index (χ4v) is 4.69. The Balaban J connectivity index is 1.34. The predicted molar refractivity (Wildman–Crippen MR) is 69.1 cm³/mol. The van der Waals surface area contributed by atoms with Crippen LogP contribution in [0.25, 0.3) is 0 Å². The molecular weight excluding hydrogens is 210 g/mol. The van der Waals surface area contributed by atoms with E-state index in [1.54, 1.807) is 0 Å². The zero-order chi connectivity index (χ0) is 11.2. The number of rotatable bonds is 2. The van der Waals surface area contributed by atoms with E-state index < -0.39 is 0 Å². The summed E-state index contributed by atoms with van der Waals surface area (Å²) in [5.41, 5.74) is 0. The van der Waals surface area contributed by atoms with Crippen molar-refractivity contribution < 1.29 is 0 Å². The Kier molecular flexibility index (Phi) is 2.67. The van der Waals surface area contributed by atoms with Crippen molar-refractivity contribution in [3.63, 3.8) is 0 Å². The molecule has 0 aliphatic carbocycles. The molecule has 4 aliphatic heterocycles. The lowest BCUT2D eigenvalue weighted by Gasteiger charge is -2.39. The highest BCUT2D eigenvalue weighted by Gasteiger charge is 2.40. The second-order valence-electron chi connectivity index (χ2n) is 6.63. The van der Waals surface area contributed by atoms with Gasteiger partial charge in [-0.25, -0.2) is 0 Å². The Labute approximate surface area is 105 Å². The highest BCUT2D eigenvalue weighted by molar-refractivity contribution is 4.99. The number of fused-ring (bicyclic) bond motifs is 3. The summed E-state index contributed by atoms with van der Waals surface area (Å²) < 4.78 is 0. The van der Waals surface area contributed by atoms with Gasteiger partial charge in [-0.3, -0.25) is 4.90 Å². The topological polar surface area (TPSA) is 18.5 Å². The number of nitrogens with zero attached hydrogens (tertiary/aromatic N) is 2. The first-order chi connectivity index (χ1) is 8.38. The van der Waals surface area contributed by atoms with E-state index in [4.69, 9.17) is 0 Å². The molecule has 4 unspecified atom stereocenters. The van der Waals surface area contributed by atoms with E-state index in [0.717, 1.165) is 24.0 Å². The van der Waals surface area contributed by atoms with Gasteiger partial charge in [0.1, 0.15) is 0 Å². The lowest BCUT2D eigenvalue weighted by atomic mass is 9.88. The minimum Gasteiger partial charge on any atom is -0.311 e. The van der Waals surface area contributed by atoms with Crippen molar-refractivity contribution >= 4 is 0 Å². The molecule has 0 spiro atoms. The van der Waals surface area contributed by atoms with Gasteiger partial charge in [0, 0.05) is 44.3 Å². The first-order valence-electron chi connectivity index (χ1n) is 7.61. The molecule has 0 amide bonds. The summed E-state index contributed by atoms with van der Waals surface area (Å²) in [5, 5.41) is 3.78. The van der Waals surface area contributed by atoms with Crippen LogP contribution in [0.15, 0.2) is 0 Å². The summed E-state index contributed by atoms with van der Waals surface area (Å²) in [7, 11) is 0. The van der Waals surface area contributed by atoms with Crippen LogP contribution in [-0.2, 0) is 0 Å². The monoisotopic (exact) mass is 235 g/mol. The molecule has 4 heterocycles. The summed E-state index contributed by atoms with van der Waals surface area (Å²) in [6.07, 6.45) is 7.23. The molecule has 4 aliphatic rings. The van der Waals surface area contributed by atoms with Crippen LogP contribution in [0.1, 0.15) is 32.1 Å². The van der Waals surface area contributed by atoms with E-state index in [9.17, 15) is 0 Å². The molecule has 0 aromatic heterocycles. The van der Waals surface area contributed by atoms with Gasteiger partial charge >= 0.3 is 0 Å². The number of hydrogen-bond donors (Lipinski definition) is 1. The molecule has 0 radical (unpaired) electrons. The maximum atomic E-state index is 3.78. The Hall–Kier alpha value is -0.120. The van der Waals surface area contributed by atoms with Gasteiger partial charge < -0.3 is 10.2 Å². The molecule has 0 saturated carbocycles. The zero-order valence-corrected chi connectivity index (χ0v) is 10.8. The van der Waals surface area contributed by atoms with Gasteiger partial charge in [0.05, 0.1) is 0 Å². The number of nitrogens with one attached hydrogen (secondary N) is 1. The maximum Gasteiger partial charge on any atom is 0.0224 e. The standard InChI is InChI=1S/C14H25N3/c1-2-13-10-16(6-7-17(13)5-1)9-11-8-12-3-4-14(11)15-12/h11-15H,1-10H2. The second-order valence-corrected chi connectivity index (χ2v) is 6.63. The quantitative estimate of drug-likeness (QED) is 0.767. The van der Waals surface area contributed by atoms with E-state index in [2.05, 4.69) is 15.1 Å². The van der Waals surface area contributed by atoms with Crippen LogP contribution in [0.2, 0.25) is 0 Å². The van der Waals surface area contributed by atoms with Crippen LogP contribution in [0.3, 0.4) is 0 Å². The Bertz CT molecular complexity index is 293. The van der Waals surface area contributed by atoms with Crippen LogP contribution in [0.5, 0.6) is 0 Å². The van der Waals surface area contributed by atoms with Crippen molar-refractivity contribution in [2.75, 3.05) is 32.7 Å². The Morgan fingerprint density at radius 2 is 2.06 bits per heavy atom. The van der Waals surface area contributed by atoms with Gasteiger partial charge in [-0.2, -0.15) is 0 Å². The third-order valence-corrected chi connectivity index (χ3v) is 5.60. The molecule has 0 aromatic carbocycles. The molecule has 1 N–H and O–H groups in total. The fourth-order valence-electron chi connectivity index (χ4n) is 4.69. The summed E-state index contributed by atoms with van der Waals surface area (Å²) in [6, 6.07) is 2.63. The van der Waals surface area contributed by atoms with Crippen molar-refractivity contribution in [3.05, 3.63) is 0 Å². The number of hydrogen-bond acceptors (Lipinski definition) is 3. The zero-order valence-electron chi connectivity index (χ0n) is 10.8. The van der Waals surface area contributed by atoms with E-state index in [-0.39, 0.29) is 0 Å². The second kappa shape index (κ2) is 4.22. The Morgan fingerprint density at radius 1 is 1.06 bits per heavy atom. The third-order valence-electron chi connectivity index (χ3n) is 5.60. The van der Waals surface area contributed by atoms with Gasteiger partial charge in [-0.15, -0.1) is 0 Å². The minimum atomic E-state index is 0.863. The Morgan fingerprint density at radius 3 is 2.88 bits per heavy atom. The summed E-state index contributed by atoms with van der Waals surface area (Å²) >= 11 is 0. The van der Waals surface area contributed by atoms with Gasteiger partial charge in [-0.05, 0) is 44.6 Å². The highest BCUT2D eigenvalue weighted by Crippen LogP contribution is 2.34. The van der Waals surface area contributed by atoms with Crippen molar-refractivity contribution in [2.45, 2.75) is 50.2 Å². The average molecular weight is 235 g/mol. The molecule has 17 heavy (non-hydrogen) atoms. The molecule has 3 nitrogen and oxygen atoms in total. The van der Waals surface area contributed by atoms with Gasteiger partial charge in [0.2, 0.25) is 0 Å². The van der Waals surface area contributed by atoms with Gasteiger partial charge in [-0.1, -0.05) is 0 Å². The first-order valence-corrected chi connectivity index (χ1v) is 7.61. The van der Waals surface area contributed by atoms with Crippen molar-refractivity contribution in [3.8, 4) is 0 Å². The van der Waals surface area contributed by atoms with Crippen LogP contribution < -0.4 is 5.32 Å². The highest BCUT2D eigenvalue weighted by atomic mass is 15.3. The molecule has 96 valence electrons. The smallest absolute Gasteiger partial charge is 0.0224 e. The lowest BCUT2D eigenvalue weighted by Crippen LogP contribution is -2.51. The predicted octanol–water partition coefficient (Wildman–Crippen LogP) is 0.907. The van der Waals surface area contributed by atoms with E-state index in [0.29, 0.717) is 0 Å².